The lowest BCUT2D eigenvalue weighted by Gasteiger charge is -2.08. The molecule has 0 saturated carbocycles. The first-order valence-corrected chi connectivity index (χ1v) is 11.1. The first-order valence-electron chi connectivity index (χ1n) is 11.1. The van der Waals surface area contributed by atoms with Gasteiger partial charge in [-0.2, -0.15) is 0 Å². The fourth-order valence-corrected chi connectivity index (χ4v) is 2.80. The molecule has 0 saturated heterocycles. The highest BCUT2D eigenvalue weighted by molar-refractivity contribution is 5.56. The standard InChI is InChI=1S/C24H36N2O3/c1-3-5-7-8-17-28-22-13-11-21(12-14-22)24-25-19-23(20-26-24)29-18-10-9-16-27-15-6-4-2/h11-14,19-20H,3-10,15-18H2,1-2H3. The van der Waals surface area contributed by atoms with Crippen molar-refractivity contribution in [3.8, 4) is 22.9 Å². The van der Waals surface area contributed by atoms with Crippen LogP contribution in [0, 0.1) is 0 Å². The summed E-state index contributed by atoms with van der Waals surface area (Å²) in [5, 5.41) is 0. The van der Waals surface area contributed by atoms with Crippen molar-refractivity contribution < 1.29 is 14.2 Å². The molecule has 0 aliphatic heterocycles. The Bertz CT molecular complexity index is 644. The van der Waals surface area contributed by atoms with E-state index >= 15 is 0 Å². The van der Waals surface area contributed by atoms with E-state index in [1.54, 1.807) is 12.4 Å². The molecule has 2 rings (SSSR count). The second kappa shape index (κ2) is 14.8. The molecule has 2 aromatic rings. The van der Waals surface area contributed by atoms with Gasteiger partial charge in [0.15, 0.2) is 11.6 Å². The molecule has 1 aromatic heterocycles. The lowest BCUT2D eigenvalue weighted by molar-refractivity contribution is 0.123. The molecule has 0 fully saturated rings. The number of unbranched alkanes of at least 4 members (excludes halogenated alkanes) is 5. The van der Waals surface area contributed by atoms with Crippen LogP contribution in [-0.2, 0) is 4.74 Å². The van der Waals surface area contributed by atoms with E-state index in [2.05, 4.69) is 23.8 Å². The summed E-state index contributed by atoms with van der Waals surface area (Å²) in [6.45, 7) is 7.48. The van der Waals surface area contributed by atoms with Gasteiger partial charge in [-0.25, -0.2) is 9.97 Å². The van der Waals surface area contributed by atoms with Crippen molar-refractivity contribution in [2.45, 2.75) is 65.2 Å². The molecule has 29 heavy (non-hydrogen) atoms. The third-order valence-corrected chi connectivity index (χ3v) is 4.60. The fraction of sp³-hybridized carbons (Fsp3) is 0.583. The van der Waals surface area contributed by atoms with E-state index in [1.807, 2.05) is 24.3 Å². The van der Waals surface area contributed by atoms with Crippen molar-refractivity contribution in [2.24, 2.45) is 0 Å². The van der Waals surface area contributed by atoms with Crippen LogP contribution in [0.25, 0.3) is 11.4 Å². The van der Waals surface area contributed by atoms with E-state index in [1.165, 1.54) is 25.7 Å². The van der Waals surface area contributed by atoms with E-state index in [0.29, 0.717) is 18.2 Å². The van der Waals surface area contributed by atoms with E-state index in [9.17, 15) is 0 Å². The number of rotatable bonds is 16. The van der Waals surface area contributed by atoms with Gasteiger partial charge in [-0.3, -0.25) is 0 Å². The smallest absolute Gasteiger partial charge is 0.159 e. The van der Waals surface area contributed by atoms with Gasteiger partial charge < -0.3 is 14.2 Å². The molecule has 5 nitrogen and oxygen atoms in total. The Hall–Kier alpha value is -2.14. The maximum atomic E-state index is 5.78. The highest BCUT2D eigenvalue weighted by atomic mass is 16.5. The maximum Gasteiger partial charge on any atom is 0.159 e. The molecule has 0 N–H and O–H groups in total. The Morgan fingerprint density at radius 3 is 1.90 bits per heavy atom. The third kappa shape index (κ3) is 9.75. The molecule has 5 heteroatoms. The van der Waals surface area contributed by atoms with Gasteiger partial charge in [0.05, 0.1) is 25.6 Å². The molecular formula is C24H36N2O3. The lowest BCUT2D eigenvalue weighted by Crippen LogP contribution is -2.02. The van der Waals surface area contributed by atoms with Crippen LogP contribution in [0.4, 0.5) is 0 Å². The molecule has 1 aromatic carbocycles. The van der Waals surface area contributed by atoms with Crippen LogP contribution in [0.3, 0.4) is 0 Å². The average molecular weight is 401 g/mol. The van der Waals surface area contributed by atoms with E-state index in [0.717, 1.165) is 56.8 Å². The number of hydrogen-bond donors (Lipinski definition) is 0. The van der Waals surface area contributed by atoms with Gasteiger partial charge in [-0.15, -0.1) is 0 Å². The largest absolute Gasteiger partial charge is 0.494 e. The average Bonchev–Trinajstić information content (AvgIpc) is 2.76. The Morgan fingerprint density at radius 2 is 1.21 bits per heavy atom. The zero-order valence-electron chi connectivity index (χ0n) is 18.1. The summed E-state index contributed by atoms with van der Waals surface area (Å²) in [5.74, 6) is 2.28. The van der Waals surface area contributed by atoms with E-state index in [-0.39, 0.29) is 0 Å². The van der Waals surface area contributed by atoms with Crippen molar-refractivity contribution >= 4 is 0 Å². The quantitative estimate of drug-likeness (QED) is 0.320. The van der Waals surface area contributed by atoms with Crippen molar-refractivity contribution in [3.05, 3.63) is 36.7 Å². The highest BCUT2D eigenvalue weighted by Gasteiger charge is 2.03. The molecule has 1 heterocycles. The van der Waals surface area contributed by atoms with Crippen LogP contribution in [0.15, 0.2) is 36.7 Å². The predicted molar refractivity (Wildman–Crippen MR) is 118 cm³/mol. The van der Waals surface area contributed by atoms with Crippen molar-refractivity contribution in [1.82, 2.24) is 9.97 Å². The second-order valence-corrected chi connectivity index (χ2v) is 7.20. The Balaban J connectivity index is 1.67. The van der Waals surface area contributed by atoms with Crippen LogP contribution in [0.1, 0.15) is 65.2 Å². The molecule has 160 valence electrons. The first kappa shape index (κ1) is 23.1. The predicted octanol–water partition coefficient (Wildman–Crippen LogP) is 6.08. The van der Waals surface area contributed by atoms with E-state index in [4.69, 9.17) is 14.2 Å². The van der Waals surface area contributed by atoms with Gasteiger partial charge in [0.1, 0.15) is 5.75 Å². The summed E-state index contributed by atoms with van der Waals surface area (Å²) in [7, 11) is 0. The minimum Gasteiger partial charge on any atom is -0.494 e. The molecular weight excluding hydrogens is 364 g/mol. The molecule has 0 aliphatic rings. The summed E-state index contributed by atoms with van der Waals surface area (Å²) >= 11 is 0. The van der Waals surface area contributed by atoms with Gasteiger partial charge in [0, 0.05) is 18.8 Å². The van der Waals surface area contributed by atoms with Gasteiger partial charge >= 0.3 is 0 Å². The number of hydrogen-bond acceptors (Lipinski definition) is 5. The van der Waals surface area contributed by atoms with Crippen molar-refractivity contribution in [1.29, 1.82) is 0 Å². The van der Waals surface area contributed by atoms with E-state index < -0.39 is 0 Å². The van der Waals surface area contributed by atoms with Crippen LogP contribution in [0.5, 0.6) is 11.5 Å². The maximum absolute atomic E-state index is 5.78. The molecule has 0 atom stereocenters. The molecule has 0 unspecified atom stereocenters. The normalized spacial score (nSPS) is 10.8. The van der Waals surface area contributed by atoms with Crippen LogP contribution in [0.2, 0.25) is 0 Å². The Morgan fingerprint density at radius 1 is 0.621 bits per heavy atom. The Kier molecular flexibility index (Phi) is 11.8. The van der Waals surface area contributed by atoms with Gasteiger partial charge in [0.25, 0.3) is 0 Å². The molecule has 0 amide bonds. The minimum absolute atomic E-state index is 0.657. The summed E-state index contributed by atoms with van der Waals surface area (Å²) in [4.78, 5) is 8.84. The summed E-state index contributed by atoms with van der Waals surface area (Å²) < 4.78 is 17.0. The van der Waals surface area contributed by atoms with Crippen LogP contribution >= 0.6 is 0 Å². The molecule has 0 spiro atoms. The van der Waals surface area contributed by atoms with Crippen LogP contribution < -0.4 is 9.47 Å². The fourth-order valence-electron chi connectivity index (χ4n) is 2.80. The first-order chi connectivity index (χ1) is 14.3. The van der Waals surface area contributed by atoms with Gasteiger partial charge in [0.2, 0.25) is 0 Å². The SMILES string of the molecule is CCCCCCOc1ccc(-c2ncc(OCCCCOCCCC)cn2)cc1. The van der Waals surface area contributed by atoms with Gasteiger partial charge in [-0.1, -0.05) is 39.5 Å². The third-order valence-electron chi connectivity index (χ3n) is 4.60. The topological polar surface area (TPSA) is 53.5 Å². The van der Waals surface area contributed by atoms with Crippen LogP contribution in [-0.4, -0.2) is 36.4 Å². The number of benzene rings is 1. The van der Waals surface area contributed by atoms with Gasteiger partial charge in [-0.05, 0) is 49.9 Å². The van der Waals surface area contributed by atoms with Crippen molar-refractivity contribution in [2.75, 3.05) is 26.4 Å². The minimum atomic E-state index is 0.657. The monoisotopic (exact) mass is 400 g/mol. The van der Waals surface area contributed by atoms with Crippen molar-refractivity contribution in [3.63, 3.8) is 0 Å². The zero-order valence-corrected chi connectivity index (χ0v) is 18.1. The molecule has 0 radical (unpaired) electrons. The number of ether oxygens (including phenoxy) is 3. The highest BCUT2D eigenvalue weighted by Crippen LogP contribution is 2.20. The number of nitrogens with zero attached hydrogens (tertiary/aromatic N) is 2. The second-order valence-electron chi connectivity index (χ2n) is 7.20. The summed E-state index contributed by atoms with van der Waals surface area (Å²) in [6, 6.07) is 7.95. The molecule has 0 bridgehead atoms. The summed E-state index contributed by atoms with van der Waals surface area (Å²) in [6.07, 6.45) is 12.6. The lowest BCUT2D eigenvalue weighted by atomic mass is 10.2. The molecule has 0 aliphatic carbocycles. The zero-order chi connectivity index (χ0) is 20.6. The summed E-state index contributed by atoms with van der Waals surface area (Å²) in [5.41, 5.74) is 0.971. The Labute approximate surface area is 175 Å². The number of aromatic nitrogens is 2.